The Morgan fingerprint density at radius 2 is 1.90 bits per heavy atom. The highest BCUT2D eigenvalue weighted by molar-refractivity contribution is 5.56. The van der Waals surface area contributed by atoms with Gasteiger partial charge in [-0.3, -0.25) is 0 Å². The predicted molar refractivity (Wildman–Crippen MR) is 79.8 cm³/mol. The highest BCUT2D eigenvalue weighted by Gasteiger charge is 2.34. The first-order chi connectivity index (χ1) is 9.88. The monoisotopic (exact) mass is 303 g/mol. The van der Waals surface area contributed by atoms with Gasteiger partial charge in [-0.05, 0) is 31.5 Å². The van der Waals surface area contributed by atoms with Gasteiger partial charge in [-0.1, -0.05) is 32.6 Å². The van der Waals surface area contributed by atoms with Crippen molar-refractivity contribution in [2.45, 2.75) is 58.2 Å². The lowest BCUT2D eigenvalue weighted by atomic mass is 10.1. The van der Waals surface area contributed by atoms with Gasteiger partial charge in [0, 0.05) is 11.7 Å². The Kier molecular flexibility index (Phi) is 6.85. The Hall–Kier alpha value is -1.39. The molecule has 1 rings (SSSR count). The van der Waals surface area contributed by atoms with E-state index < -0.39 is 11.7 Å². The molecule has 0 fully saturated rings. The molecule has 0 heterocycles. The van der Waals surface area contributed by atoms with E-state index in [2.05, 4.69) is 12.2 Å². The van der Waals surface area contributed by atoms with Crippen LogP contribution in [0.25, 0.3) is 0 Å². The predicted octanol–water partition coefficient (Wildman–Crippen LogP) is 5.48. The number of nitrogens with one attached hydrogen (secondary N) is 1. The van der Waals surface area contributed by atoms with Crippen molar-refractivity contribution >= 4 is 5.69 Å². The SMILES string of the molecule is CCCCCCC(C)Nc1ccc(OC)cc1C(F)(F)F. The van der Waals surface area contributed by atoms with E-state index >= 15 is 0 Å². The minimum absolute atomic E-state index is 0.0105. The summed E-state index contributed by atoms with van der Waals surface area (Å²) in [6.45, 7) is 4.05. The first-order valence-corrected chi connectivity index (χ1v) is 7.40. The summed E-state index contributed by atoms with van der Waals surface area (Å²) in [7, 11) is 1.36. The first kappa shape index (κ1) is 17.7. The molecular formula is C16H24F3NO. The molecular weight excluding hydrogens is 279 g/mol. The number of alkyl halides is 3. The van der Waals surface area contributed by atoms with Crippen molar-refractivity contribution in [2.75, 3.05) is 12.4 Å². The number of anilines is 1. The van der Waals surface area contributed by atoms with Crippen molar-refractivity contribution < 1.29 is 17.9 Å². The Labute approximate surface area is 124 Å². The van der Waals surface area contributed by atoms with Gasteiger partial charge in [0.25, 0.3) is 0 Å². The highest BCUT2D eigenvalue weighted by atomic mass is 19.4. The largest absolute Gasteiger partial charge is 0.497 e. The number of benzene rings is 1. The number of hydrogen-bond donors (Lipinski definition) is 1. The number of rotatable bonds is 8. The van der Waals surface area contributed by atoms with Crippen LogP contribution < -0.4 is 10.1 Å². The zero-order valence-electron chi connectivity index (χ0n) is 12.9. The molecule has 1 atom stereocenters. The maximum absolute atomic E-state index is 13.1. The van der Waals surface area contributed by atoms with Gasteiger partial charge in [-0.15, -0.1) is 0 Å². The van der Waals surface area contributed by atoms with Crippen molar-refractivity contribution in [1.29, 1.82) is 0 Å². The molecule has 0 spiro atoms. The summed E-state index contributed by atoms with van der Waals surface area (Å²) in [4.78, 5) is 0. The summed E-state index contributed by atoms with van der Waals surface area (Å²) in [6.07, 6.45) is 0.945. The fourth-order valence-electron chi connectivity index (χ4n) is 2.23. The van der Waals surface area contributed by atoms with E-state index in [1.54, 1.807) is 6.07 Å². The summed E-state index contributed by atoms with van der Waals surface area (Å²) >= 11 is 0. The van der Waals surface area contributed by atoms with E-state index in [9.17, 15) is 13.2 Å². The van der Waals surface area contributed by atoms with Crippen molar-refractivity contribution in [2.24, 2.45) is 0 Å². The molecule has 21 heavy (non-hydrogen) atoms. The van der Waals surface area contributed by atoms with Crippen LogP contribution in [0.1, 0.15) is 51.5 Å². The number of hydrogen-bond acceptors (Lipinski definition) is 2. The van der Waals surface area contributed by atoms with Gasteiger partial charge in [0.05, 0.1) is 12.7 Å². The summed E-state index contributed by atoms with van der Waals surface area (Å²) in [5, 5.41) is 2.97. The van der Waals surface area contributed by atoms with Crippen molar-refractivity contribution in [3.8, 4) is 5.75 Å². The molecule has 0 aliphatic rings. The molecule has 1 N–H and O–H groups in total. The minimum atomic E-state index is -4.39. The number of unbranched alkanes of at least 4 members (excludes halogenated alkanes) is 3. The van der Waals surface area contributed by atoms with Gasteiger partial charge in [-0.2, -0.15) is 13.2 Å². The average molecular weight is 303 g/mol. The smallest absolute Gasteiger partial charge is 0.418 e. The van der Waals surface area contributed by atoms with Gasteiger partial charge in [0.2, 0.25) is 0 Å². The summed E-state index contributed by atoms with van der Waals surface area (Å²) in [5.74, 6) is 0.212. The average Bonchev–Trinajstić information content (AvgIpc) is 2.43. The lowest BCUT2D eigenvalue weighted by molar-refractivity contribution is -0.137. The van der Waals surface area contributed by atoms with Crippen LogP contribution in [0.3, 0.4) is 0 Å². The fourth-order valence-corrected chi connectivity index (χ4v) is 2.23. The van der Waals surface area contributed by atoms with Crippen LogP contribution in [-0.2, 0) is 6.18 Å². The minimum Gasteiger partial charge on any atom is -0.497 e. The van der Waals surface area contributed by atoms with Gasteiger partial charge in [0.1, 0.15) is 5.75 Å². The standard InChI is InChI=1S/C16H24F3NO/c1-4-5-6-7-8-12(2)20-15-10-9-13(21-3)11-14(15)16(17,18)19/h9-12,20H,4-8H2,1-3H3. The van der Waals surface area contributed by atoms with E-state index in [-0.39, 0.29) is 17.5 Å². The molecule has 0 aliphatic carbocycles. The van der Waals surface area contributed by atoms with Crippen molar-refractivity contribution in [1.82, 2.24) is 0 Å². The Morgan fingerprint density at radius 1 is 1.19 bits per heavy atom. The van der Waals surface area contributed by atoms with E-state index in [1.807, 2.05) is 6.92 Å². The third kappa shape index (κ3) is 5.86. The van der Waals surface area contributed by atoms with Gasteiger partial charge < -0.3 is 10.1 Å². The van der Waals surface area contributed by atoms with E-state index in [1.165, 1.54) is 19.6 Å². The third-order valence-corrected chi connectivity index (χ3v) is 3.42. The van der Waals surface area contributed by atoms with Crippen LogP contribution in [0, 0.1) is 0 Å². The second kappa shape index (κ2) is 8.15. The molecule has 2 nitrogen and oxygen atoms in total. The number of halogens is 3. The molecule has 0 aromatic heterocycles. The molecule has 0 saturated carbocycles. The number of methoxy groups -OCH3 is 1. The molecule has 1 unspecified atom stereocenters. The summed E-state index contributed by atoms with van der Waals surface area (Å²) in [6, 6.07) is 4.02. The lowest BCUT2D eigenvalue weighted by Gasteiger charge is -2.20. The van der Waals surface area contributed by atoms with Crippen molar-refractivity contribution in [3.05, 3.63) is 23.8 Å². The van der Waals surface area contributed by atoms with E-state index in [4.69, 9.17) is 4.74 Å². The van der Waals surface area contributed by atoms with Crippen LogP contribution in [-0.4, -0.2) is 13.2 Å². The normalized spacial score (nSPS) is 13.0. The Balaban J connectivity index is 2.73. The van der Waals surface area contributed by atoms with E-state index in [0.717, 1.165) is 31.7 Å². The zero-order chi connectivity index (χ0) is 15.9. The van der Waals surface area contributed by atoms with E-state index in [0.29, 0.717) is 0 Å². The van der Waals surface area contributed by atoms with Crippen LogP contribution >= 0.6 is 0 Å². The van der Waals surface area contributed by atoms with Crippen molar-refractivity contribution in [3.63, 3.8) is 0 Å². The second-order valence-electron chi connectivity index (χ2n) is 5.30. The fraction of sp³-hybridized carbons (Fsp3) is 0.625. The molecule has 1 aromatic carbocycles. The molecule has 0 radical (unpaired) electrons. The van der Waals surface area contributed by atoms with Crippen LogP contribution in [0.15, 0.2) is 18.2 Å². The van der Waals surface area contributed by atoms with Gasteiger partial charge in [-0.25, -0.2) is 0 Å². The Bertz CT molecular complexity index is 432. The van der Waals surface area contributed by atoms with Crippen LogP contribution in [0.5, 0.6) is 5.75 Å². The molecule has 0 saturated heterocycles. The summed E-state index contributed by atoms with van der Waals surface area (Å²) < 4.78 is 44.1. The maximum Gasteiger partial charge on any atom is 0.418 e. The topological polar surface area (TPSA) is 21.3 Å². The molecule has 0 aliphatic heterocycles. The molecule has 120 valence electrons. The van der Waals surface area contributed by atoms with Gasteiger partial charge >= 0.3 is 6.18 Å². The zero-order valence-corrected chi connectivity index (χ0v) is 12.9. The van der Waals surface area contributed by atoms with Crippen LogP contribution in [0.4, 0.5) is 18.9 Å². The Morgan fingerprint density at radius 3 is 2.48 bits per heavy atom. The molecule has 0 bridgehead atoms. The number of ether oxygens (including phenoxy) is 1. The quantitative estimate of drug-likeness (QED) is 0.642. The highest BCUT2D eigenvalue weighted by Crippen LogP contribution is 2.37. The molecule has 0 amide bonds. The van der Waals surface area contributed by atoms with Crippen LogP contribution in [0.2, 0.25) is 0 Å². The second-order valence-corrected chi connectivity index (χ2v) is 5.30. The molecule has 1 aromatic rings. The third-order valence-electron chi connectivity index (χ3n) is 3.42. The first-order valence-electron chi connectivity index (χ1n) is 7.40. The summed E-state index contributed by atoms with van der Waals surface area (Å²) in [5.41, 5.74) is -0.562. The molecule has 5 heteroatoms. The lowest BCUT2D eigenvalue weighted by Crippen LogP contribution is -2.18. The maximum atomic E-state index is 13.1. The van der Waals surface area contributed by atoms with Gasteiger partial charge in [0.15, 0.2) is 0 Å².